The summed E-state index contributed by atoms with van der Waals surface area (Å²) in [6.07, 6.45) is 10.3. The smallest absolute Gasteiger partial charge is 0.226 e. The number of hydrogen-bond acceptors (Lipinski definition) is 3. The molecule has 2 heterocycles. The quantitative estimate of drug-likeness (QED) is 0.788. The van der Waals surface area contributed by atoms with Crippen LogP contribution in [0.1, 0.15) is 77.3 Å². The third kappa shape index (κ3) is 4.29. The molecular formula is C23H37N3O2. The standard InChI is InChI=1S/C23H37N3O2/c1-15(2)17-6-8-18(9-7-17)28-14-22-19(21-10-11-24-25-21)5-4-12-26(22)23(27)20-13-16(20)3/h10-11,15-20,22H,4-9,12-14H2,1-3H3,(H,24,25)/t16?,17-,18+,19?,20?,22?. The summed E-state index contributed by atoms with van der Waals surface area (Å²) in [6, 6.07) is 2.19. The van der Waals surface area contributed by atoms with Crippen molar-refractivity contribution >= 4 is 5.91 Å². The van der Waals surface area contributed by atoms with E-state index in [0.29, 0.717) is 24.5 Å². The molecule has 1 amide bonds. The molecule has 1 aromatic rings. The average molecular weight is 388 g/mol. The highest BCUT2D eigenvalue weighted by Crippen LogP contribution is 2.42. The minimum Gasteiger partial charge on any atom is -0.376 e. The second kappa shape index (κ2) is 8.56. The zero-order chi connectivity index (χ0) is 19.7. The van der Waals surface area contributed by atoms with Gasteiger partial charge in [-0.1, -0.05) is 20.8 Å². The summed E-state index contributed by atoms with van der Waals surface area (Å²) in [6.45, 7) is 8.39. The van der Waals surface area contributed by atoms with E-state index in [1.807, 2.05) is 6.20 Å². The zero-order valence-corrected chi connectivity index (χ0v) is 17.8. The lowest BCUT2D eigenvalue weighted by atomic mass is 9.80. The van der Waals surface area contributed by atoms with E-state index in [1.165, 1.54) is 12.8 Å². The Bertz CT molecular complexity index is 636. The first-order valence-corrected chi connectivity index (χ1v) is 11.5. The summed E-state index contributed by atoms with van der Waals surface area (Å²) in [7, 11) is 0. The number of hydrogen-bond donors (Lipinski definition) is 1. The predicted octanol–water partition coefficient (Wildman–Crippen LogP) is 4.37. The molecule has 0 spiro atoms. The minimum absolute atomic E-state index is 0.125. The molecule has 0 bridgehead atoms. The Morgan fingerprint density at radius 1 is 1.29 bits per heavy atom. The number of rotatable bonds is 6. The predicted molar refractivity (Wildman–Crippen MR) is 110 cm³/mol. The van der Waals surface area contributed by atoms with Crippen molar-refractivity contribution in [2.75, 3.05) is 13.2 Å². The highest BCUT2D eigenvalue weighted by atomic mass is 16.5. The van der Waals surface area contributed by atoms with Crippen LogP contribution in [0.3, 0.4) is 0 Å². The van der Waals surface area contributed by atoms with Gasteiger partial charge in [0.25, 0.3) is 0 Å². The van der Waals surface area contributed by atoms with Crippen LogP contribution in [-0.2, 0) is 9.53 Å². The molecular weight excluding hydrogens is 350 g/mol. The minimum atomic E-state index is 0.125. The number of carbonyl (C=O) groups excluding carboxylic acids is 1. The van der Waals surface area contributed by atoms with Crippen LogP contribution in [0.2, 0.25) is 0 Å². The lowest BCUT2D eigenvalue weighted by Crippen LogP contribution is -2.51. The lowest BCUT2D eigenvalue weighted by Gasteiger charge is -2.42. The number of nitrogens with one attached hydrogen (secondary N) is 1. The van der Waals surface area contributed by atoms with Crippen LogP contribution in [-0.4, -0.2) is 46.3 Å². The number of aromatic nitrogens is 2. The number of nitrogens with zero attached hydrogens (tertiary/aromatic N) is 2. The van der Waals surface area contributed by atoms with Gasteiger partial charge in [0, 0.05) is 24.6 Å². The molecule has 2 aliphatic carbocycles. The molecule has 3 fully saturated rings. The van der Waals surface area contributed by atoms with Crippen molar-refractivity contribution in [1.29, 1.82) is 0 Å². The van der Waals surface area contributed by atoms with Crippen molar-refractivity contribution in [3.63, 3.8) is 0 Å². The van der Waals surface area contributed by atoms with Crippen LogP contribution in [0.15, 0.2) is 12.3 Å². The molecule has 3 aliphatic rings. The van der Waals surface area contributed by atoms with E-state index in [9.17, 15) is 4.79 Å². The Morgan fingerprint density at radius 3 is 2.64 bits per heavy atom. The van der Waals surface area contributed by atoms with Crippen molar-refractivity contribution in [3.05, 3.63) is 18.0 Å². The normalized spacial score (nSPS) is 35.9. The first-order valence-electron chi connectivity index (χ1n) is 11.5. The van der Waals surface area contributed by atoms with Crippen molar-refractivity contribution in [3.8, 4) is 0 Å². The maximum atomic E-state index is 13.1. The maximum absolute atomic E-state index is 13.1. The van der Waals surface area contributed by atoms with Crippen LogP contribution in [0.5, 0.6) is 0 Å². The topological polar surface area (TPSA) is 58.2 Å². The summed E-state index contributed by atoms with van der Waals surface area (Å²) >= 11 is 0. The molecule has 5 nitrogen and oxygen atoms in total. The van der Waals surface area contributed by atoms with E-state index >= 15 is 0 Å². The number of carbonyl (C=O) groups is 1. The lowest BCUT2D eigenvalue weighted by molar-refractivity contribution is -0.140. The number of piperidine rings is 1. The fourth-order valence-electron chi connectivity index (χ4n) is 5.40. The number of likely N-dealkylation sites (tertiary alicyclic amines) is 1. The summed E-state index contributed by atoms with van der Waals surface area (Å²) in [5.74, 6) is 3.04. The third-order valence-corrected chi connectivity index (χ3v) is 7.56. The van der Waals surface area contributed by atoms with Crippen LogP contribution < -0.4 is 0 Å². The van der Waals surface area contributed by atoms with Gasteiger partial charge in [-0.15, -0.1) is 0 Å². The second-order valence-corrected chi connectivity index (χ2v) is 9.78. The van der Waals surface area contributed by atoms with Gasteiger partial charge in [-0.2, -0.15) is 5.10 Å². The molecule has 156 valence electrons. The molecule has 1 saturated heterocycles. The van der Waals surface area contributed by atoms with Crippen LogP contribution >= 0.6 is 0 Å². The Morgan fingerprint density at radius 2 is 2.04 bits per heavy atom. The monoisotopic (exact) mass is 387 g/mol. The van der Waals surface area contributed by atoms with Crippen molar-refractivity contribution in [1.82, 2.24) is 15.1 Å². The summed E-state index contributed by atoms with van der Waals surface area (Å²) < 4.78 is 6.45. The summed E-state index contributed by atoms with van der Waals surface area (Å²) in [5.41, 5.74) is 1.08. The molecule has 1 N–H and O–H groups in total. The SMILES string of the molecule is CC1CC1C(=O)N1CCCC(c2cc[nH]n2)C1CO[C@H]1CC[C@@H](C(C)C)CC1. The van der Waals surface area contributed by atoms with E-state index in [1.54, 1.807) is 0 Å². The van der Waals surface area contributed by atoms with Gasteiger partial charge >= 0.3 is 0 Å². The van der Waals surface area contributed by atoms with Gasteiger partial charge in [-0.25, -0.2) is 0 Å². The van der Waals surface area contributed by atoms with Gasteiger partial charge in [0.1, 0.15) is 0 Å². The Labute approximate surface area is 169 Å². The summed E-state index contributed by atoms with van der Waals surface area (Å²) in [5, 5.41) is 7.43. The number of H-pyrrole nitrogens is 1. The molecule has 1 aromatic heterocycles. The first-order chi connectivity index (χ1) is 13.5. The molecule has 4 atom stereocenters. The van der Waals surface area contributed by atoms with Gasteiger partial charge in [0.2, 0.25) is 5.91 Å². The third-order valence-electron chi connectivity index (χ3n) is 7.56. The van der Waals surface area contributed by atoms with Crippen molar-refractivity contribution in [2.45, 2.75) is 83.8 Å². The zero-order valence-electron chi connectivity index (χ0n) is 17.8. The molecule has 1 aliphatic heterocycles. The first kappa shape index (κ1) is 19.9. The van der Waals surface area contributed by atoms with Crippen molar-refractivity contribution < 1.29 is 9.53 Å². The van der Waals surface area contributed by atoms with Gasteiger partial charge in [-0.05, 0) is 68.8 Å². The molecule has 0 radical (unpaired) electrons. The van der Waals surface area contributed by atoms with E-state index in [-0.39, 0.29) is 17.9 Å². The average Bonchev–Trinajstić information content (AvgIpc) is 3.19. The Balaban J connectivity index is 1.42. The summed E-state index contributed by atoms with van der Waals surface area (Å²) in [4.78, 5) is 15.3. The van der Waals surface area contributed by atoms with Gasteiger partial charge in [0.15, 0.2) is 0 Å². The van der Waals surface area contributed by atoms with Gasteiger partial charge < -0.3 is 9.64 Å². The second-order valence-electron chi connectivity index (χ2n) is 9.78. The number of amides is 1. The maximum Gasteiger partial charge on any atom is 0.226 e. The van der Waals surface area contributed by atoms with Crippen LogP contribution in [0.25, 0.3) is 0 Å². The Kier molecular flexibility index (Phi) is 6.10. The van der Waals surface area contributed by atoms with Crippen LogP contribution in [0.4, 0.5) is 0 Å². The fourth-order valence-corrected chi connectivity index (χ4v) is 5.40. The van der Waals surface area contributed by atoms with Crippen LogP contribution in [0, 0.1) is 23.7 Å². The molecule has 4 unspecified atom stereocenters. The Hall–Kier alpha value is -1.36. The molecule has 0 aromatic carbocycles. The van der Waals surface area contributed by atoms with E-state index in [4.69, 9.17) is 4.74 Å². The molecule has 2 saturated carbocycles. The van der Waals surface area contributed by atoms with E-state index in [0.717, 1.165) is 56.2 Å². The highest BCUT2D eigenvalue weighted by Gasteiger charge is 2.46. The molecule has 28 heavy (non-hydrogen) atoms. The van der Waals surface area contributed by atoms with Gasteiger partial charge in [0.05, 0.1) is 24.4 Å². The fraction of sp³-hybridized carbons (Fsp3) is 0.826. The van der Waals surface area contributed by atoms with E-state index < -0.39 is 0 Å². The van der Waals surface area contributed by atoms with Crippen molar-refractivity contribution in [2.24, 2.45) is 23.7 Å². The number of ether oxygens (including phenoxy) is 1. The molecule has 5 heteroatoms. The largest absolute Gasteiger partial charge is 0.376 e. The van der Waals surface area contributed by atoms with Gasteiger partial charge in [-0.3, -0.25) is 9.89 Å². The number of aromatic amines is 1. The molecule has 4 rings (SSSR count). The highest BCUT2D eigenvalue weighted by molar-refractivity contribution is 5.82. The van der Waals surface area contributed by atoms with E-state index in [2.05, 4.69) is 41.9 Å².